The molecular weight excluding hydrogens is 342 g/mol. The number of rotatable bonds is 4. The van der Waals surface area contributed by atoms with E-state index in [1.165, 1.54) is 0 Å². The summed E-state index contributed by atoms with van der Waals surface area (Å²) in [6, 6.07) is 17.5. The van der Waals surface area contributed by atoms with Crippen molar-refractivity contribution < 1.29 is 9.53 Å². The van der Waals surface area contributed by atoms with E-state index in [1.54, 1.807) is 0 Å². The van der Waals surface area contributed by atoms with Gasteiger partial charge in [0.2, 0.25) is 5.90 Å². The maximum atomic E-state index is 12.4. The second-order valence-corrected chi connectivity index (χ2v) is 6.28. The molecule has 1 heterocycles. The maximum absolute atomic E-state index is 12.4. The molecule has 0 bridgehead atoms. The molecule has 1 aliphatic rings. The van der Waals surface area contributed by atoms with E-state index in [1.807, 2.05) is 61.5 Å². The zero-order valence-electron chi connectivity index (χ0n) is 12.3. The first kappa shape index (κ1) is 15.0. The van der Waals surface area contributed by atoms with Crippen molar-refractivity contribution in [2.75, 3.05) is 0 Å². The molecule has 4 heteroatoms. The molecule has 22 heavy (non-hydrogen) atoms. The Morgan fingerprint density at radius 3 is 2.41 bits per heavy atom. The van der Waals surface area contributed by atoms with Crippen LogP contribution in [0.1, 0.15) is 24.5 Å². The molecule has 0 radical (unpaired) electrons. The summed E-state index contributed by atoms with van der Waals surface area (Å²) < 4.78 is 6.44. The second-order valence-electron chi connectivity index (χ2n) is 5.36. The van der Waals surface area contributed by atoms with Gasteiger partial charge in [-0.1, -0.05) is 53.2 Å². The van der Waals surface area contributed by atoms with Gasteiger partial charge in [-0.15, -0.1) is 0 Å². The molecular formula is C18H16BrNO2. The minimum Gasteiger partial charge on any atom is -0.405 e. The Kier molecular flexibility index (Phi) is 4.12. The summed E-state index contributed by atoms with van der Waals surface area (Å²) in [6.07, 6.45) is 1.17. The Bertz CT molecular complexity index is 710. The summed E-state index contributed by atoms with van der Waals surface area (Å²) in [5.74, 6) is 0.145. The van der Waals surface area contributed by atoms with Crippen molar-refractivity contribution in [3.05, 3.63) is 70.2 Å². The van der Waals surface area contributed by atoms with E-state index in [4.69, 9.17) is 4.74 Å². The average Bonchev–Trinajstić information content (AvgIpc) is 2.86. The fraction of sp³-hybridized carbons (Fsp3) is 0.222. The van der Waals surface area contributed by atoms with E-state index in [-0.39, 0.29) is 5.97 Å². The zero-order valence-corrected chi connectivity index (χ0v) is 13.8. The van der Waals surface area contributed by atoms with Crippen molar-refractivity contribution in [1.82, 2.24) is 0 Å². The van der Waals surface area contributed by atoms with Crippen LogP contribution in [0, 0.1) is 0 Å². The van der Waals surface area contributed by atoms with E-state index in [0.29, 0.717) is 18.7 Å². The van der Waals surface area contributed by atoms with Gasteiger partial charge >= 0.3 is 5.97 Å². The highest BCUT2D eigenvalue weighted by molar-refractivity contribution is 9.10. The third-order valence-corrected chi connectivity index (χ3v) is 4.43. The largest absolute Gasteiger partial charge is 0.405 e. The summed E-state index contributed by atoms with van der Waals surface area (Å²) in [6.45, 7) is 1.97. The van der Waals surface area contributed by atoms with Crippen LogP contribution in [0.25, 0.3) is 0 Å². The van der Waals surface area contributed by atoms with Gasteiger partial charge in [0.05, 0.1) is 0 Å². The van der Waals surface area contributed by atoms with Gasteiger partial charge in [0.15, 0.2) is 5.54 Å². The van der Waals surface area contributed by atoms with E-state index < -0.39 is 5.54 Å². The lowest BCUT2D eigenvalue weighted by Crippen LogP contribution is -2.35. The number of halogens is 1. The Balaban J connectivity index is 1.93. The van der Waals surface area contributed by atoms with Gasteiger partial charge in [0, 0.05) is 16.5 Å². The van der Waals surface area contributed by atoms with Crippen LogP contribution in [0.2, 0.25) is 0 Å². The third kappa shape index (κ3) is 2.83. The molecule has 2 aromatic rings. The highest BCUT2D eigenvalue weighted by Crippen LogP contribution is 2.30. The fourth-order valence-electron chi connectivity index (χ4n) is 2.56. The molecule has 0 unspecified atom stereocenters. The molecule has 0 spiro atoms. The van der Waals surface area contributed by atoms with Gasteiger partial charge in [-0.25, -0.2) is 9.79 Å². The number of nitrogens with zero attached hydrogens (tertiary/aromatic N) is 1. The van der Waals surface area contributed by atoms with Crippen molar-refractivity contribution in [3.63, 3.8) is 0 Å². The summed E-state index contributed by atoms with van der Waals surface area (Å²) in [5.41, 5.74) is 1.09. The van der Waals surface area contributed by atoms with Crippen molar-refractivity contribution in [2.24, 2.45) is 4.99 Å². The molecule has 3 nitrogen and oxygen atoms in total. The van der Waals surface area contributed by atoms with E-state index in [0.717, 1.165) is 15.6 Å². The lowest BCUT2D eigenvalue weighted by atomic mass is 9.89. The van der Waals surface area contributed by atoms with Crippen LogP contribution in [0.5, 0.6) is 0 Å². The monoisotopic (exact) mass is 357 g/mol. The normalized spacial score (nSPS) is 20.6. The number of esters is 1. The smallest absolute Gasteiger partial charge is 0.341 e. The van der Waals surface area contributed by atoms with Crippen LogP contribution in [0.15, 0.2) is 64.1 Å². The summed E-state index contributed by atoms with van der Waals surface area (Å²) in [4.78, 5) is 17.1. The predicted octanol–water partition coefficient (Wildman–Crippen LogP) is 4.14. The van der Waals surface area contributed by atoms with Gasteiger partial charge < -0.3 is 4.74 Å². The molecule has 0 saturated carbocycles. The first-order valence-electron chi connectivity index (χ1n) is 7.25. The van der Waals surface area contributed by atoms with E-state index in [2.05, 4.69) is 20.9 Å². The van der Waals surface area contributed by atoms with Crippen LogP contribution in [-0.2, 0) is 16.0 Å². The lowest BCUT2D eigenvalue weighted by Gasteiger charge is -2.19. The van der Waals surface area contributed by atoms with Crippen molar-refractivity contribution in [1.29, 1.82) is 0 Å². The minimum atomic E-state index is -0.816. The molecule has 3 rings (SSSR count). The SMILES string of the molecule is CC[C@@]1(Cc2ccccc2)N=C(c2ccc(Br)cc2)OC1=O. The second kappa shape index (κ2) is 6.05. The van der Waals surface area contributed by atoms with Crippen molar-refractivity contribution >= 4 is 27.8 Å². The molecule has 0 aliphatic carbocycles. The molecule has 0 aromatic heterocycles. The molecule has 0 fully saturated rings. The summed E-state index contributed by atoms with van der Waals surface area (Å²) in [7, 11) is 0. The van der Waals surface area contributed by atoms with Gasteiger partial charge in [-0.2, -0.15) is 0 Å². The standard InChI is InChI=1S/C18H16BrNO2/c1-2-18(12-13-6-4-3-5-7-13)17(21)22-16(20-18)14-8-10-15(19)11-9-14/h3-11H,2,12H2,1H3/t18-/m0/s1. The Morgan fingerprint density at radius 1 is 1.09 bits per heavy atom. The van der Waals surface area contributed by atoms with Crippen LogP contribution in [-0.4, -0.2) is 17.4 Å². The Morgan fingerprint density at radius 2 is 1.77 bits per heavy atom. The molecule has 0 amide bonds. The number of ether oxygens (including phenoxy) is 1. The highest BCUT2D eigenvalue weighted by atomic mass is 79.9. The first-order chi connectivity index (χ1) is 10.6. The van der Waals surface area contributed by atoms with Crippen LogP contribution < -0.4 is 0 Å². The Labute approximate surface area is 138 Å². The molecule has 112 valence electrons. The summed E-state index contributed by atoms with van der Waals surface area (Å²) in [5, 5.41) is 0. The van der Waals surface area contributed by atoms with Crippen molar-refractivity contribution in [3.8, 4) is 0 Å². The lowest BCUT2D eigenvalue weighted by molar-refractivity contribution is -0.139. The topological polar surface area (TPSA) is 38.7 Å². The van der Waals surface area contributed by atoms with E-state index in [9.17, 15) is 4.79 Å². The molecule has 0 saturated heterocycles. The Hall–Kier alpha value is -1.94. The first-order valence-corrected chi connectivity index (χ1v) is 8.04. The predicted molar refractivity (Wildman–Crippen MR) is 89.9 cm³/mol. The molecule has 1 aliphatic heterocycles. The van der Waals surface area contributed by atoms with Gasteiger partial charge in [0.25, 0.3) is 0 Å². The number of aliphatic imine (C=N–C) groups is 1. The van der Waals surface area contributed by atoms with Gasteiger partial charge in [-0.05, 0) is 36.2 Å². The maximum Gasteiger partial charge on any atom is 0.341 e. The van der Waals surface area contributed by atoms with Crippen LogP contribution in [0.4, 0.5) is 0 Å². The van der Waals surface area contributed by atoms with Crippen molar-refractivity contribution in [2.45, 2.75) is 25.3 Å². The summed E-state index contributed by atoms with van der Waals surface area (Å²) >= 11 is 3.40. The number of benzene rings is 2. The van der Waals surface area contributed by atoms with Gasteiger partial charge in [-0.3, -0.25) is 0 Å². The molecule has 2 aromatic carbocycles. The number of cyclic esters (lactones) is 1. The minimum absolute atomic E-state index is 0.267. The van der Waals surface area contributed by atoms with Crippen LogP contribution in [0.3, 0.4) is 0 Å². The number of carbonyl (C=O) groups excluding carboxylic acids is 1. The van der Waals surface area contributed by atoms with Crippen LogP contribution >= 0.6 is 15.9 Å². The number of hydrogen-bond donors (Lipinski definition) is 0. The highest BCUT2D eigenvalue weighted by Gasteiger charge is 2.44. The fourth-order valence-corrected chi connectivity index (χ4v) is 2.82. The quantitative estimate of drug-likeness (QED) is 0.771. The molecule has 0 N–H and O–H groups in total. The number of carbonyl (C=O) groups is 1. The third-order valence-electron chi connectivity index (χ3n) is 3.90. The number of hydrogen-bond acceptors (Lipinski definition) is 3. The molecule has 1 atom stereocenters. The van der Waals surface area contributed by atoms with Gasteiger partial charge in [0.1, 0.15) is 0 Å². The zero-order chi connectivity index (χ0) is 15.6. The average molecular weight is 358 g/mol. The van der Waals surface area contributed by atoms with E-state index >= 15 is 0 Å².